The van der Waals surface area contributed by atoms with Gasteiger partial charge in [-0.1, -0.05) is 42.0 Å². The summed E-state index contributed by atoms with van der Waals surface area (Å²) in [5.41, 5.74) is 9.46. The second-order valence-corrected chi connectivity index (χ2v) is 8.23. The van der Waals surface area contributed by atoms with E-state index in [0.29, 0.717) is 17.7 Å². The molecule has 2 heterocycles. The van der Waals surface area contributed by atoms with Crippen molar-refractivity contribution in [2.75, 3.05) is 5.73 Å². The fraction of sp³-hybridized carbons (Fsp3) is 0.250. The van der Waals surface area contributed by atoms with Gasteiger partial charge in [0.1, 0.15) is 17.3 Å². The number of alkyl halides is 2. The number of amides is 1. The van der Waals surface area contributed by atoms with Crippen molar-refractivity contribution in [2.24, 2.45) is 0 Å². The number of nitrogens with zero attached hydrogens (tertiary/aromatic N) is 3. The molecule has 176 valence electrons. The van der Waals surface area contributed by atoms with Crippen molar-refractivity contribution in [3.8, 4) is 11.3 Å². The third-order valence-electron chi connectivity index (χ3n) is 5.73. The number of aromatic amines is 1. The number of hydrogen-bond acceptors (Lipinski definition) is 5. The van der Waals surface area contributed by atoms with Gasteiger partial charge in [-0.25, -0.2) is 18.6 Å². The van der Waals surface area contributed by atoms with Gasteiger partial charge in [-0.05, 0) is 38.0 Å². The van der Waals surface area contributed by atoms with E-state index in [2.05, 4.69) is 20.6 Å². The lowest BCUT2D eigenvalue weighted by atomic mass is 10.0. The number of benzene rings is 2. The lowest BCUT2D eigenvalue weighted by molar-refractivity contribution is 0.0876. The zero-order valence-corrected chi connectivity index (χ0v) is 18.9. The Kier molecular flexibility index (Phi) is 6.14. The van der Waals surface area contributed by atoms with Crippen LogP contribution in [0, 0.1) is 13.8 Å². The summed E-state index contributed by atoms with van der Waals surface area (Å²) in [6, 6.07) is 11.4. The minimum absolute atomic E-state index is 0.0119. The second kappa shape index (κ2) is 9.05. The third-order valence-corrected chi connectivity index (χ3v) is 5.73. The van der Waals surface area contributed by atoms with E-state index in [1.165, 1.54) is 6.92 Å². The van der Waals surface area contributed by atoms with Crippen LogP contribution in [0.1, 0.15) is 40.0 Å². The molecule has 1 unspecified atom stereocenters. The van der Waals surface area contributed by atoms with Crippen LogP contribution in [-0.4, -0.2) is 32.3 Å². The first kappa shape index (κ1) is 23.1. The average molecular weight is 466 g/mol. The molecule has 34 heavy (non-hydrogen) atoms. The molecule has 8 nitrogen and oxygen atoms in total. The Morgan fingerprint density at radius 3 is 2.56 bits per heavy atom. The van der Waals surface area contributed by atoms with E-state index in [1.54, 1.807) is 24.3 Å². The molecule has 10 heteroatoms. The summed E-state index contributed by atoms with van der Waals surface area (Å²) in [5, 5.41) is 13.4. The van der Waals surface area contributed by atoms with Crippen LogP contribution in [0.2, 0.25) is 0 Å². The van der Waals surface area contributed by atoms with E-state index in [1.807, 2.05) is 32.0 Å². The van der Waals surface area contributed by atoms with Crippen LogP contribution in [0.3, 0.4) is 0 Å². The molecule has 0 bridgehead atoms. The maximum atomic E-state index is 13.4. The molecule has 0 saturated heterocycles. The second-order valence-electron chi connectivity index (χ2n) is 8.23. The normalized spacial score (nSPS) is 12.3. The summed E-state index contributed by atoms with van der Waals surface area (Å²) in [4.78, 5) is 24.9. The van der Waals surface area contributed by atoms with Crippen LogP contribution in [0.4, 0.5) is 14.6 Å². The number of halogens is 2. The predicted octanol–water partition coefficient (Wildman–Crippen LogP) is 3.74. The Hall–Kier alpha value is -4.08. The summed E-state index contributed by atoms with van der Waals surface area (Å²) < 4.78 is 27.8. The van der Waals surface area contributed by atoms with Crippen molar-refractivity contribution in [2.45, 2.75) is 39.8 Å². The molecule has 1 amide bonds. The van der Waals surface area contributed by atoms with Crippen molar-refractivity contribution in [1.29, 1.82) is 0 Å². The first-order valence-corrected chi connectivity index (χ1v) is 10.7. The predicted molar refractivity (Wildman–Crippen MR) is 126 cm³/mol. The van der Waals surface area contributed by atoms with E-state index >= 15 is 0 Å². The Labute approximate surface area is 193 Å². The zero-order valence-electron chi connectivity index (χ0n) is 18.9. The molecule has 2 aromatic heterocycles. The van der Waals surface area contributed by atoms with Crippen molar-refractivity contribution in [3.63, 3.8) is 0 Å². The number of hydrogen-bond donors (Lipinski definition) is 3. The van der Waals surface area contributed by atoms with Crippen molar-refractivity contribution in [1.82, 2.24) is 25.3 Å². The van der Waals surface area contributed by atoms with Gasteiger partial charge >= 0.3 is 0 Å². The van der Waals surface area contributed by atoms with E-state index < -0.39 is 18.0 Å². The molecule has 0 saturated carbocycles. The maximum absolute atomic E-state index is 13.4. The van der Waals surface area contributed by atoms with Gasteiger partial charge in [0.2, 0.25) is 0 Å². The monoisotopic (exact) mass is 466 g/mol. The highest BCUT2D eigenvalue weighted by molar-refractivity contribution is 5.99. The van der Waals surface area contributed by atoms with Crippen molar-refractivity contribution in [3.05, 3.63) is 75.1 Å². The summed E-state index contributed by atoms with van der Waals surface area (Å²) in [6.07, 6.45) is -2.73. The first-order chi connectivity index (χ1) is 16.2. The fourth-order valence-electron chi connectivity index (χ4n) is 3.76. The SMILES string of the molecule is Cc1ccc(C)c(C(=O)NCc2ccc(-c3nn(C(C)C(F)F)c4c(=O)[nH]nc(N)c34)cc2)c1. The van der Waals surface area contributed by atoms with Crippen LogP contribution < -0.4 is 16.6 Å². The van der Waals surface area contributed by atoms with Crippen LogP contribution in [0.25, 0.3) is 22.2 Å². The van der Waals surface area contributed by atoms with Crippen LogP contribution >= 0.6 is 0 Å². The quantitative estimate of drug-likeness (QED) is 0.400. The van der Waals surface area contributed by atoms with Gasteiger partial charge in [-0.15, -0.1) is 0 Å². The van der Waals surface area contributed by atoms with Crippen LogP contribution in [0.5, 0.6) is 0 Å². The topological polar surface area (TPSA) is 119 Å². The Bertz CT molecular complexity index is 1430. The molecule has 4 aromatic rings. The highest BCUT2D eigenvalue weighted by atomic mass is 19.3. The number of H-pyrrole nitrogens is 1. The molecule has 4 rings (SSSR count). The average Bonchev–Trinajstić information content (AvgIpc) is 3.23. The third kappa shape index (κ3) is 4.26. The largest absolute Gasteiger partial charge is 0.382 e. The summed E-state index contributed by atoms with van der Waals surface area (Å²) >= 11 is 0. The number of rotatable bonds is 6. The molecule has 1 atom stereocenters. The summed E-state index contributed by atoms with van der Waals surface area (Å²) in [6.45, 7) is 5.39. The van der Waals surface area contributed by atoms with Gasteiger partial charge in [0.25, 0.3) is 17.9 Å². The number of anilines is 1. The van der Waals surface area contributed by atoms with Gasteiger partial charge in [0, 0.05) is 17.7 Å². The first-order valence-electron chi connectivity index (χ1n) is 10.7. The van der Waals surface area contributed by atoms with Crippen molar-refractivity contribution >= 4 is 22.6 Å². The molecule has 0 aliphatic rings. The number of nitrogen functional groups attached to an aromatic ring is 1. The number of fused-ring (bicyclic) bond motifs is 1. The Morgan fingerprint density at radius 1 is 1.18 bits per heavy atom. The molecular formula is C24H24F2N6O2. The van der Waals surface area contributed by atoms with E-state index in [0.717, 1.165) is 21.4 Å². The molecule has 0 spiro atoms. The lowest BCUT2D eigenvalue weighted by Gasteiger charge is -2.11. The molecule has 0 aliphatic heterocycles. The zero-order chi connectivity index (χ0) is 24.6. The van der Waals surface area contributed by atoms with Gasteiger partial charge in [-0.3, -0.25) is 9.59 Å². The molecule has 0 aliphatic carbocycles. The summed E-state index contributed by atoms with van der Waals surface area (Å²) in [7, 11) is 0. The van der Waals surface area contributed by atoms with Gasteiger partial charge in [-0.2, -0.15) is 10.2 Å². The van der Waals surface area contributed by atoms with Gasteiger partial charge in [0.15, 0.2) is 5.82 Å². The molecule has 0 radical (unpaired) electrons. The van der Waals surface area contributed by atoms with E-state index in [9.17, 15) is 18.4 Å². The molecule has 0 fully saturated rings. The van der Waals surface area contributed by atoms with Gasteiger partial charge < -0.3 is 11.1 Å². The lowest BCUT2D eigenvalue weighted by Crippen LogP contribution is -2.23. The molecule has 4 N–H and O–H groups in total. The minimum atomic E-state index is -2.73. The number of aryl methyl sites for hydroxylation is 2. The molecule has 2 aromatic carbocycles. The van der Waals surface area contributed by atoms with Crippen LogP contribution in [-0.2, 0) is 6.54 Å². The highest BCUT2D eigenvalue weighted by Gasteiger charge is 2.26. The van der Waals surface area contributed by atoms with E-state index in [4.69, 9.17) is 5.73 Å². The number of nitrogens with two attached hydrogens (primary N) is 1. The standard InChI is InChI=1S/C24H24F2N6O2/c1-12-4-5-13(2)17(10-12)23(33)28-11-15-6-8-16(9-7-15)19-18-20(24(34)30-29-22(18)27)32(31-19)14(3)21(25)26/h4-10,14,21H,11H2,1-3H3,(H2,27,29)(H,28,33)(H,30,34). The highest BCUT2D eigenvalue weighted by Crippen LogP contribution is 2.32. The minimum Gasteiger partial charge on any atom is -0.382 e. The summed E-state index contributed by atoms with van der Waals surface area (Å²) in [5.74, 6) is -0.184. The number of nitrogens with one attached hydrogen (secondary N) is 2. The van der Waals surface area contributed by atoms with Crippen molar-refractivity contribution < 1.29 is 13.6 Å². The van der Waals surface area contributed by atoms with Gasteiger partial charge in [0.05, 0.1) is 5.39 Å². The number of carbonyl (C=O) groups is 1. The fourth-order valence-corrected chi connectivity index (χ4v) is 3.76. The molecular weight excluding hydrogens is 442 g/mol. The Morgan fingerprint density at radius 2 is 1.88 bits per heavy atom. The number of carbonyl (C=O) groups excluding carboxylic acids is 1. The smallest absolute Gasteiger partial charge is 0.290 e. The van der Waals surface area contributed by atoms with Crippen LogP contribution in [0.15, 0.2) is 47.3 Å². The maximum Gasteiger partial charge on any atom is 0.290 e. The number of aromatic nitrogens is 4. The Balaban J connectivity index is 1.63. The van der Waals surface area contributed by atoms with E-state index in [-0.39, 0.29) is 28.3 Å².